The predicted octanol–water partition coefficient (Wildman–Crippen LogP) is 11.0. The van der Waals surface area contributed by atoms with Crippen LogP contribution in [0, 0.1) is 19.3 Å². The molecule has 0 N–H and O–H groups in total. The summed E-state index contributed by atoms with van der Waals surface area (Å²) >= 11 is 0. The van der Waals surface area contributed by atoms with Crippen molar-refractivity contribution in [1.29, 1.82) is 0 Å². The van der Waals surface area contributed by atoms with Gasteiger partial charge in [0.15, 0.2) is 0 Å². The smallest absolute Gasteiger partial charge is 0.0383 e. The molecule has 0 spiro atoms. The van der Waals surface area contributed by atoms with Crippen molar-refractivity contribution >= 4 is 0 Å². The Morgan fingerprint density at radius 1 is 0.483 bits per heavy atom. The molecule has 0 heterocycles. The fraction of sp³-hybridized carbons (Fsp3) is 0.931. The minimum absolute atomic E-state index is 0.664. The molecule has 0 aromatic heterocycles. The second-order valence-electron chi connectivity index (χ2n) is 9.69. The third-order valence-corrected chi connectivity index (χ3v) is 6.48. The Kier molecular flexibility index (Phi) is 26.0. The maximum absolute atomic E-state index is 4.38. The molecule has 0 fully saturated rings. The summed E-state index contributed by atoms with van der Waals surface area (Å²) in [7, 11) is 0. The van der Waals surface area contributed by atoms with Crippen LogP contribution in [0.2, 0.25) is 0 Å². The molecule has 0 aromatic carbocycles. The Bertz CT molecular complexity index is 269. The zero-order valence-corrected chi connectivity index (χ0v) is 20.8. The molecular weight excluding hydrogens is 348 g/mol. The van der Waals surface area contributed by atoms with Crippen LogP contribution in [-0.4, -0.2) is 0 Å². The molecule has 29 heavy (non-hydrogen) atoms. The van der Waals surface area contributed by atoms with Gasteiger partial charge in [0, 0.05) is 0 Å². The van der Waals surface area contributed by atoms with E-state index in [0.29, 0.717) is 5.92 Å². The van der Waals surface area contributed by atoms with Gasteiger partial charge in [-0.1, -0.05) is 168 Å². The van der Waals surface area contributed by atoms with Gasteiger partial charge >= 0.3 is 0 Å². The van der Waals surface area contributed by atoms with Crippen molar-refractivity contribution in [3.63, 3.8) is 0 Å². The van der Waals surface area contributed by atoms with Crippen molar-refractivity contribution in [2.45, 2.75) is 168 Å². The van der Waals surface area contributed by atoms with E-state index in [2.05, 4.69) is 27.2 Å². The summed E-state index contributed by atoms with van der Waals surface area (Å²) < 4.78 is 0. The largest absolute Gasteiger partial charge is 0.0654 e. The van der Waals surface area contributed by atoms with Crippen LogP contribution in [0.25, 0.3) is 0 Å². The fourth-order valence-electron chi connectivity index (χ4n) is 4.34. The van der Waals surface area contributed by atoms with E-state index in [4.69, 9.17) is 0 Å². The molecule has 0 bridgehead atoms. The Morgan fingerprint density at radius 2 is 0.828 bits per heavy atom. The van der Waals surface area contributed by atoms with E-state index in [1.807, 2.05) is 0 Å². The molecule has 0 aliphatic carbocycles. The highest BCUT2D eigenvalue weighted by Crippen LogP contribution is 2.18. The molecule has 0 aliphatic rings. The average molecular weight is 407 g/mol. The molecule has 2 radical (unpaired) electrons. The lowest BCUT2D eigenvalue weighted by Gasteiger charge is -2.10. The number of hydrogen-bond acceptors (Lipinski definition) is 0. The van der Waals surface area contributed by atoms with Crippen molar-refractivity contribution in [2.24, 2.45) is 5.92 Å². The lowest BCUT2D eigenvalue weighted by atomic mass is 9.95. The highest BCUT2D eigenvalue weighted by molar-refractivity contribution is 4.73. The minimum atomic E-state index is 0.664. The Morgan fingerprint density at radius 3 is 1.24 bits per heavy atom. The van der Waals surface area contributed by atoms with E-state index in [-0.39, 0.29) is 0 Å². The monoisotopic (exact) mass is 406 g/mol. The van der Waals surface area contributed by atoms with Crippen LogP contribution in [0.15, 0.2) is 0 Å². The first kappa shape index (κ1) is 29.0. The lowest BCUT2D eigenvalue weighted by Crippen LogP contribution is -1.96. The average Bonchev–Trinajstić information content (AvgIpc) is 2.72. The molecule has 174 valence electrons. The Balaban J connectivity index is 3.12. The summed E-state index contributed by atoms with van der Waals surface area (Å²) in [5.74, 6) is 0.664. The molecule has 0 heteroatoms. The van der Waals surface area contributed by atoms with Crippen LogP contribution in [0.4, 0.5) is 0 Å². The SMILES string of the molecule is [CH2]C(C[CH]CCCCCCCCCCCCC)CCCCCCCCCCCC. The quantitative estimate of drug-likeness (QED) is 0.132. The first-order valence-electron chi connectivity index (χ1n) is 14.0. The highest BCUT2D eigenvalue weighted by Gasteiger charge is 2.02. The van der Waals surface area contributed by atoms with Crippen molar-refractivity contribution in [2.75, 3.05) is 0 Å². The molecule has 0 aromatic rings. The van der Waals surface area contributed by atoms with Gasteiger partial charge in [-0.2, -0.15) is 0 Å². The minimum Gasteiger partial charge on any atom is -0.0654 e. The molecule has 0 amide bonds. The van der Waals surface area contributed by atoms with Gasteiger partial charge in [-0.25, -0.2) is 0 Å². The maximum Gasteiger partial charge on any atom is -0.0383 e. The van der Waals surface area contributed by atoms with Crippen LogP contribution < -0.4 is 0 Å². The molecular formula is C29H58. The van der Waals surface area contributed by atoms with Gasteiger partial charge in [0.2, 0.25) is 0 Å². The van der Waals surface area contributed by atoms with Gasteiger partial charge in [-0.3, -0.25) is 0 Å². The summed E-state index contributed by atoms with van der Waals surface area (Å²) in [6.45, 7) is 8.97. The van der Waals surface area contributed by atoms with Crippen LogP contribution in [0.3, 0.4) is 0 Å². The van der Waals surface area contributed by atoms with Crippen molar-refractivity contribution in [3.8, 4) is 0 Å². The maximum atomic E-state index is 4.38. The molecule has 0 aliphatic heterocycles. The van der Waals surface area contributed by atoms with E-state index in [1.54, 1.807) is 0 Å². The van der Waals surface area contributed by atoms with E-state index in [0.717, 1.165) is 0 Å². The second-order valence-corrected chi connectivity index (χ2v) is 9.69. The fourth-order valence-corrected chi connectivity index (χ4v) is 4.34. The van der Waals surface area contributed by atoms with E-state index < -0.39 is 0 Å². The normalized spacial score (nSPS) is 12.5. The molecule has 0 saturated carbocycles. The van der Waals surface area contributed by atoms with Gasteiger partial charge < -0.3 is 0 Å². The number of rotatable bonds is 25. The Labute approximate surface area is 187 Å². The number of unbranched alkanes of at least 4 members (excludes halogenated alkanes) is 21. The lowest BCUT2D eigenvalue weighted by molar-refractivity contribution is 0.496. The van der Waals surface area contributed by atoms with E-state index >= 15 is 0 Å². The van der Waals surface area contributed by atoms with Gasteiger partial charge in [0.05, 0.1) is 0 Å². The summed E-state index contributed by atoms with van der Waals surface area (Å²) in [4.78, 5) is 0. The molecule has 0 rings (SSSR count). The topological polar surface area (TPSA) is 0 Å². The summed E-state index contributed by atoms with van der Waals surface area (Å²) in [6, 6.07) is 0. The van der Waals surface area contributed by atoms with Crippen LogP contribution in [0.5, 0.6) is 0 Å². The summed E-state index contributed by atoms with van der Waals surface area (Å²) in [5.41, 5.74) is 0. The van der Waals surface area contributed by atoms with Crippen molar-refractivity contribution < 1.29 is 0 Å². The molecule has 1 atom stereocenters. The molecule has 0 saturated heterocycles. The highest BCUT2D eigenvalue weighted by atomic mass is 14.1. The van der Waals surface area contributed by atoms with Crippen LogP contribution in [0.1, 0.15) is 168 Å². The van der Waals surface area contributed by atoms with E-state index in [9.17, 15) is 0 Å². The Hall–Kier alpha value is 0. The van der Waals surface area contributed by atoms with Gasteiger partial charge in [0.1, 0.15) is 0 Å². The van der Waals surface area contributed by atoms with Gasteiger partial charge in [0.25, 0.3) is 0 Å². The zero-order valence-electron chi connectivity index (χ0n) is 20.8. The zero-order chi connectivity index (χ0) is 21.3. The molecule has 1 unspecified atom stereocenters. The standard InChI is InChI=1S/C29H58/c1-4-6-8-10-12-14-16-17-18-20-22-24-26-28-29(3)27-25-23-21-19-15-13-11-9-7-5-2/h26,29H,3-25,27-28H2,1-2H3. The third kappa shape index (κ3) is 26.0. The third-order valence-electron chi connectivity index (χ3n) is 6.48. The predicted molar refractivity (Wildman–Crippen MR) is 135 cm³/mol. The first-order chi connectivity index (χ1) is 14.3. The summed E-state index contributed by atoms with van der Waals surface area (Å²) in [6.07, 6.45) is 36.7. The first-order valence-corrected chi connectivity index (χ1v) is 14.0. The van der Waals surface area contributed by atoms with Crippen molar-refractivity contribution in [1.82, 2.24) is 0 Å². The van der Waals surface area contributed by atoms with Crippen LogP contribution in [-0.2, 0) is 0 Å². The van der Waals surface area contributed by atoms with Gasteiger partial charge in [-0.15, -0.1) is 0 Å². The second kappa shape index (κ2) is 26.0. The van der Waals surface area contributed by atoms with Gasteiger partial charge in [-0.05, 0) is 18.8 Å². The van der Waals surface area contributed by atoms with Crippen molar-refractivity contribution in [3.05, 3.63) is 13.3 Å². The van der Waals surface area contributed by atoms with E-state index in [1.165, 1.54) is 154 Å². The molecule has 0 nitrogen and oxygen atoms in total. The van der Waals surface area contributed by atoms with Crippen LogP contribution >= 0.6 is 0 Å². The summed E-state index contributed by atoms with van der Waals surface area (Å²) in [5, 5.41) is 0. The number of hydrogen-bond donors (Lipinski definition) is 0.